The van der Waals surface area contributed by atoms with Gasteiger partial charge in [-0.05, 0) is 22.3 Å². The van der Waals surface area contributed by atoms with Gasteiger partial charge in [-0.1, -0.05) is 60.1 Å². The highest BCUT2D eigenvalue weighted by molar-refractivity contribution is 6.17. The molecule has 1 aliphatic rings. The van der Waals surface area contributed by atoms with Crippen LogP contribution in [0.1, 0.15) is 17.0 Å². The maximum absolute atomic E-state index is 12.1. The molecule has 0 aliphatic heterocycles. The van der Waals surface area contributed by atoms with Crippen LogP contribution in [0.3, 0.4) is 0 Å². The van der Waals surface area contributed by atoms with E-state index in [9.17, 15) is 4.79 Å². The van der Waals surface area contributed by atoms with Crippen LogP contribution in [0.2, 0.25) is 0 Å². The molecule has 0 amide bonds. The topological polar surface area (TPSA) is 26.3 Å². The Bertz CT molecular complexity index is 561. The quantitative estimate of drug-likeness (QED) is 0.608. The number of rotatable bonds is 2. The summed E-state index contributed by atoms with van der Waals surface area (Å²) < 4.78 is 4.97. The van der Waals surface area contributed by atoms with Gasteiger partial charge in [0.15, 0.2) is 6.07 Å². The molecule has 0 saturated heterocycles. The lowest BCUT2D eigenvalue weighted by Crippen LogP contribution is -2.14. The van der Waals surface area contributed by atoms with E-state index in [-0.39, 0.29) is 18.0 Å². The SMILES string of the molecule is O=C(OCCl)C1c2ccccc2-c2ccccc21. The molecule has 2 aromatic rings. The van der Waals surface area contributed by atoms with Crippen molar-refractivity contribution in [3.63, 3.8) is 0 Å². The maximum atomic E-state index is 12.1. The molecule has 0 radical (unpaired) electrons. The lowest BCUT2D eigenvalue weighted by atomic mass is 9.97. The molecule has 18 heavy (non-hydrogen) atoms. The number of carbonyl (C=O) groups excluding carboxylic acids is 1. The second-order valence-electron chi connectivity index (χ2n) is 4.18. The second-order valence-corrected chi connectivity index (χ2v) is 4.40. The molecule has 0 saturated carbocycles. The highest BCUT2D eigenvalue weighted by Crippen LogP contribution is 2.44. The van der Waals surface area contributed by atoms with Crippen molar-refractivity contribution in [2.75, 3.05) is 6.07 Å². The fraction of sp³-hybridized carbons (Fsp3) is 0.133. The van der Waals surface area contributed by atoms with Crippen LogP contribution < -0.4 is 0 Å². The summed E-state index contributed by atoms with van der Waals surface area (Å²) >= 11 is 5.49. The number of ether oxygens (including phenoxy) is 1. The summed E-state index contributed by atoms with van der Waals surface area (Å²) in [5.41, 5.74) is 4.19. The fourth-order valence-corrected chi connectivity index (χ4v) is 2.65. The molecule has 2 aromatic carbocycles. The first-order valence-corrected chi connectivity index (χ1v) is 6.27. The number of hydrogen-bond acceptors (Lipinski definition) is 2. The Balaban J connectivity index is 2.18. The normalized spacial score (nSPS) is 12.9. The van der Waals surface area contributed by atoms with Gasteiger partial charge in [0, 0.05) is 0 Å². The molecular weight excluding hydrogens is 248 g/mol. The Morgan fingerprint density at radius 2 is 1.50 bits per heavy atom. The van der Waals surface area contributed by atoms with Gasteiger partial charge in [-0.3, -0.25) is 4.79 Å². The molecule has 0 N–H and O–H groups in total. The molecule has 0 fully saturated rings. The number of esters is 1. The van der Waals surface area contributed by atoms with Crippen molar-refractivity contribution in [1.82, 2.24) is 0 Å². The van der Waals surface area contributed by atoms with E-state index in [0.717, 1.165) is 22.3 Å². The first kappa shape index (κ1) is 11.3. The largest absolute Gasteiger partial charge is 0.449 e. The van der Waals surface area contributed by atoms with Crippen molar-refractivity contribution in [1.29, 1.82) is 0 Å². The molecule has 90 valence electrons. The van der Waals surface area contributed by atoms with Crippen LogP contribution >= 0.6 is 11.6 Å². The van der Waals surface area contributed by atoms with Crippen molar-refractivity contribution >= 4 is 17.6 Å². The highest BCUT2D eigenvalue weighted by atomic mass is 35.5. The van der Waals surface area contributed by atoms with Crippen molar-refractivity contribution in [2.24, 2.45) is 0 Å². The van der Waals surface area contributed by atoms with Crippen molar-refractivity contribution in [3.8, 4) is 11.1 Å². The zero-order chi connectivity index (χ0) is 12.5. The predicted octanol–water partition coefficient (Wildman–Crippen LogP) is 3.54. The van der Waals surface area contributed by atoms with Gasteiger partial charge in [-0.2, -0.15) is 0 Å². The van der Waals surface area contributed by atoms with Crippen molar-refractivity contribution in [2.45, 2.75) is 5.92 Å². The summed E-state index contributed by atoms with van der Waals surface area (Å²) in [5, 5.41) is 0. The van der Waals surface area contributed by atoms with Gasteiger partial charge in [-0.15, -0.1) is 0 Å². The molecule has 0 heterocycles. The Kier molecular flexibility index (Phi) is 2.80. The van der Waals surface area contributed by atoms with Gasteiger partial charge < -0.3 is 4.74 Å². The smallest absolute Gasteiger partial charge is 0.319 e. The number of alkyl halides is 1. The summed E-state index contributed by atoms with van der Waals surface area (Å²) in [4.78, 5) is 12.1. The molecule has 1 aliphatic carbocycles. The number of fused-ring (bicyclic) bond motifs is 3. The Morgan fingerprint density at radius 3 is 2.00 bits per heavy atom. The summed E-state index contributed by atoms with van der Waals surface area (Å²) in [5.74, 6) is -0.640. The molecule has 0 atom stereocenters. The minimum absolute atomic E-state index is 0.111. The fourth-order valence-electron chi connectivity index (χ4n) is 2.55. The van der Waals surface area contributed by atoms with Crippen molar-refractivity contribution in [3.05, 3.63) is 59.7 Å². The van der Waals surface area contributed by atoms with Crippen LogP contribution in [0, 0.1) is 0 Å². The van der Waals surface area contributed by atoms with E-state index >= 15 is 0 Å². The van der Waals surface area contributed by atoms with Crippen LogP contribution in [-0.2, 0) is 9.53 Å². The van der Waals surface area contributed by atoms with E-state index < -0.39 is 0 Å². The molecule has 0 spiro atoms. The minimum atomic E-state index is -0.351. The number of benzene rings is 2. The minimum Gasteiger partial charge on any atom is -0.449 e. The number of hydrogen-bond donors (Lipinski definition) is 0. The second kappa shape index (κ2) is 4.46. The average molecular weight is 259 g/mol. The summed E-state index contributed by atoms with van der Waals surface area (Å²) in [6.45, 7) is 0. The van der Waals surface area contributed by atoms with E-state index in [2.05, 4.69) is 0 Å². The van der Waals surface area contributed by atoms with Crippen LogP contribution in [0.25, 0.3) is 11.1 Å². The van der Waals surface area contributed by atoms with Crippen LogP contribution in [0.5, 0.6) is 0 Å². The maximum Gasteiger partial charge on any atom is 0.319 e. The molecule has 0 bridgehead atoms. The monoisotopic (exact) mass is 258 g/mol. The lowest BCUT2D eigenvalue weighted by molar-refractivity contribution is -0.142. The van der Waals surface area contributed by atoms with Gasteiger partial charge in [0.1, 0.15) is 5.92 Å². The molecule has 0 aromatic heterocycles. The van der Waals surface area contributed by atoms with Crippen LogP contribution in [0.4, 0.5) is 0 Å². The standard InChI is InChI=1S/C15H11ClO2/c16-9-18-15(17)14-12-7-3-1-5-10(12)11-6-2-4-8-13(11)14/h1-8,14H,9H2. The van der Waals surface area contributed by atoms with Gasteiger partial charge in [0.05, 0.1) is 0 Å². The third-order valence-corrected chi connectivity index (χ3v) is 3.38. The van der Waals surface area contributed by atoms with Crippen LogP contribution in [0.15, 0.2) is 48.5 Å². The van der Waals surface area contributed by atoms with Gasteiger partial charge in [0.25, 0.3) is 0 Å². The summed E-state index contributed by atoms with van der Waals surface area (Å²) in [7, 11) is 0. The molecule has 0 unspecified atom stereocenters. The zero-order valence-electron chi connectivity index (χ0n) is 9.60. The zero-order valence-corrected chi connectivity index (χ0v) is 10.4. The highest BCUT2D eigenvalue weighted by Gasteiger charge is 2.34. The van der Waals surface area contributed by atoms with Gasteiger partial charge >= 0.3 is 5.97 Å². The van der Waals surface area contributed by atoms with Gasteiger partial charge in [-0.25, -0.2) is 0 Å². The average Bonchev–Trinajstić information content (AvgIpc) is 2.73. The Hall–Kier alpha value is -1.80. The van der Waals surface area contributed by atoms with E-state index in [0.29, 0.717) is 0 Å². The summed E-state index contributed by atoms with van der Waals surface area (Å²) in [6.07, 6.45) is 0. The van der Waals surface area contributed by atoms with E-state index in [1.165, 1.54) is 0 Å². The Labute approximate surface area is 110 Å². The van der Waals surface area contributed by atoms with E-state index in [4.69, 9.17) is 16.3 Å². The van der Waals surface area contributed by atoms with Gasteiger partial charge in [0.2, 0.25) is 0 Å². The third-order valence-electron chi connectivity index (χ3n) is 3.27. The third kappa shape index (κ3) is 1.61. The number of carbonyl (C=O) groups is 1. The lowest BCUT2D eigenvalue weighted by Gasteiger charge is -2.11. The van der Waals surface area contributed by atoms with Crippen LogP contribution in [-0.4, -0.2) is 12.0 Å². The first-order chi connectivity index (χ1) is 8.83. The molecule has 2 nitrogen and oxygen atoms in total. The molecule has 3 rings (SSSR count). The molecule has 3 heteroatoms. The summed E-state index contributed by atoms with van der Waals surface area (Å²) in [6, 6.07) is 15.7. The van der Waals surface area contributed by atoms with E-state index in [1.807, 2.05) is 48.5 Å². The predicted molar refractivity (Wildman–Crippen MR) is 70.5 cm³/mol. The van der Waals surface area contributed by atoms with E-state index in [1.54, 1.807) is 0 Å². The first-order valence-electron chi connectivity index (χ1n) is 5.73. The molecular formula is C15H11ClO2. The van der Waals surface area contributed by atoms with Crippen molar-refractivity contribution < 1.29 is 9.53 Å². The number of halogens is 1. The Morgan fingerprint density at radius 1 is 1.00 bits per heavy atom.